The Bertz CT molecular complexity index is 1410. The van der Waals surface area contributed by atoms with Gasteiger partial charge in [-0.25, -0.2) is 4.98 Å². The Balaban J connectivity index is 1.43. The molecule has 0 aliphatic carbocycles. The number of benzene rings is 2. The van der Waals surface area contributed by atoms with Crippen molar-refractivity contribution in [2.75, 3.05) is 5.32 Å². The number of hydrogen-bond acceptors (Lipinski definition) is 7. The Hall–Kier alpha value is -3.98. The number of aryl methyl sites for hydroxylation is 2. The topological polar surface area (TPSA) is 98.7 Å². The summed E-state index contributed by atoms with van der Waals surface area (Å²) in [5.41, 5.74) is 3.64. The van der Waals surface area contributed by atoms with Gasteiger partial charge in [0.15, 0.2) is 5.16 Å². The van der Waals surface area contributed by atoms with Crippen molar-refractivity contribution in [2.45, 2.75) is 17.0 Å². The predicted octanol–water partition coefficient (Wildman–Crippen LogP) is 4.73. The highest BCUT2D eigenvalue weighted by atomic mass is 32.2. The molecule has 0 radical (unpaired) electrons. The molecule has 0 unspecified atom stereocenters. The van der Waals surface area contributed by atoms with Crippen LogP contribution in [0.15, 0.2) is 81.6 Å². The first-order valence-corrected chi connectivity index (χ1v) is 10.7. The summed E-state index contributed by atoms with van der Waals surface area (Å²) < 4.78 is 7.22. The molecule has 8 nitrogen and oxygen atoms in total. The van der Waals surface area contributed by atoms with Gasteiger partial charge in [-0.3, -0.25) is 4.79 Å². The van der Waals surface area contributed by atoms with Gasteiger partial charge < -0.3 is 14.4 Å². The summed E-state index contributed by atoms with van der Waals surface area (Å²) in [5, 5.41) is 16.3. The molecule has 0 atom stereocenters. The number of carbonyl (C=O) groups is 1. The molecule has 0 spiro atoms. The molecule has 5 rings (SSSR count). The molecule has 3 aromatic heterocycles. The molecule has 0 saturated carbocycles. The number of aromatic nitrogens is 5. The van der Waals surface area contributed by atoms with Crippen LogP contribution < -0.4 is 5.32 Å². The van der Waals surface area contributed by atoms with Gasteiger partial charge >= 0.3 is 0 Å². The molecule has 2 aromatic carbocycles. The van der Waals surface area contributed by atoms with Crippen LogP contribution in [0.1, 0.15) is 16.1 Å². The van der Waals surface area contributed by atoms with Gasteiger partial charge in [-0.1, -0.05) is 35.5 Å². The van der Waals surface area contributed by atoms with Crippen LogP contribution in [0.2, 0.25) is 0 Å². The summed E-state index contributed by atoms with van der Waals surface area (Å²) in [6.45, 7) is 1.80. The van der Waals surface area contributed by atoms with Gasteiger partial charge in [-0.05, 0) is 49.0 Å². The Kier molecular flexibility index (Phi) is 5.16. The number of carbonyl (C=O) groups excluding carboxylic acids is 1. The fourth-order valence-electron chi connectivity index (χ4n) is 3.31. The third-order valence-corrected chi connectivity index (χ3v) is 5.98. The summed E-state index contributed by atoms with van der Waals surface area (Å²) in [6.07, 6.45) is 1.66. The standard InChI is InChI=1S/C23H18N6O2S/c1-14-20-18(12-19(26-22(20)31-28-14)15-6-4-3-5-7-15)21(30)25-16-8-10-17(11-9-16)32-23-27-24-13-29(23)2/h3-13H,1-2H3,(H,25,30). The summed E-state index contributed by atoms with van der Waals surface area (Å²) in [6, 6.07) is 19.0. The SMILES string of the molecule is Cc1noc2nc(-c3ccccc3)cc(C(=O)Nc3ccc(Sc4nncn4C)cc3)c12. The van der Waals surface area contributed by atoms with Gasteiger partial charge in [0.1, 0.15) is 6.33 Å². The zero-order valence-electron chi connectivity index (χ0n) is 17.3. The van der Waals surface area contributed by atoms with Crippen molar-refractivity contribution in [1.82, 2.24) is 24.9 Å². The second-order valence-corrected chi connectivity index (χ2v) is 8.21. The van der Waals surface area contributed by atoms with Gasteiger partial charge in [-0.15, -0.1) is 10.2 Å². The van der Waals surface area contributed by atoms with E-state index >= 15 is 0 Å². The molecule has 0 fully saturated rings. The number of hydrogen-bond donors (Lipinski definition) is 1. The molecule has 0 aliphatic heterocycles. The van der Waals surface area contributed by atoms with Crippen LogP contribution in [0.4, 0.5) is 5.69 Å². The predicted molar refractivity (Wildman–Crippen MR) is 121 cm³/mol. The van der Waals surface area contributed by atoms with Gasteiger partial charge in [0.05, 0.1) is 22.3 Å². The Labute approximate surface area is 187 Å². The van der Waals surface area contributed by atoms with E-state index in [1.54, 1.807) is 19.3 Å². The third-order valence-electron chi connectivity index (χ3n) is 4.92. The fraction of sp³-hybridized carbons (Fsp3) is 0.0870. The van der Waals surface area contributed by atoms with E-state index in [-0.39, 0.29) is 5.91 Å². The average molecular weight is 443 g/mol. The number of pyridine rings is 1. The fourth-order valence-corrected chi connectivity index (χ4v) is 4.07. The van der Waals surface area contributed by atoms with E-state index < -0.39 is 0 Å². The normalized spacial score (nSPS) is 11.1. The number of rotatable bonds is 5. The largest absolute Gasteiger partial charge is 0.335 e. The van der Waals surface area contributed by atoms with Crippen LogP contribution in [-0.4, -0.2) is 30.8 Å². The minimum absolute atomic E-state index is 0.255. The van der Waals surface area contributed by atoms with Crippen LogP contribution in [0.5, 0.6) is 0 Å². The molecular formula is C23H18N6O2S. The first-order valence-electron chi connectivity index (χ1n) is 9.84. The van der Waals surface area contributed by atoms with Crippen molar-refractivity contribution in [1.29, 1.82) is 0 Å². The van der Waals surface area contributed by atoms with Crippen molar-refractivity contribution in [3.8, 4) is 11.3 Å². The van der Waals surface area contributed by atoms with E-state index in [0.717, 1.165) is 15.6 Å². The summed E-state index contributed by atoms with van der Waals surface area (Å²) >= 11 is 1.50. The minimum atomic E-state index is -0.255. The highest BCUT2D eigenvalue weighted by molar-refractivity contribution is 7.99. The maximum Gasteiger partial charge on any atom is 0.259 e. The lowest BCUT2D eigenvalue weighted by Gasteiger charge is -2.09. The Morgan fingerprint density at radius 3 is 2.59 bits per heavy atom. The van der Waals surface area contributed by atoms with Crippen molar-refractivity contribution >= 4 is 34.5 Å². The number of anilines is 1. The second-order valence-electron chi connectivity index (χ2n) is 7.17. The molecule has 0 bridgehead atoms. The average Bonchev–Trinajstić information content (AvgIpc) is 3.40. The smallest absolute Gasteiger partial charge is 0.259 e. The molecule has 9 heteroatoms. The van der Waals surface area contributed by atoms with E-state index in [4.69, 9.17) is 4.52 Å². The number of nitrogens with zero attached hydrogens (tertiary/aromatic N) is 5. The molecule has 3 heterocycles. The van der Waals surface area contributed by atoms with E-state index in [1.807, 2.05) is 66.2 Å². The number of amides is 1. The van der Waals surface area contributed by atoms with E-state index in [9.17, 15) is 4.79 Å². The van der Waals surface area contributed by atoms with Crippen LogP contribution in [0.3, 0.4) is 0 Å². The highest BCUT2D eigenvalue weighted by Gasteiger charge is 2.19. The van der Waals surface area contributed by atoms with Gasteiger partial charge in [0.25, 0.3) is 11.6 Å². The number of nitrogens with one attached hydrogen (secondary N) is 1. The van der Waals surface area contributed by atoms with E-state index in [1.165, 1.54) is 11.8 Å². The molecule has 158 valence electrons. The minimum Gasteiger partial charge on any atom is -0.335 e. The second kappa shape index (κ2) is 8.27. The maximum absolute atomic E-state index is 13.2. The Morgan fingerprint density at radius 2 is 1.88 bits per heavy atom. The molecular weight excluding hydrogens is 424 g/mol. The van der Waals surface area contributed by atoms with Gasteiger partial charge in [0, 0.05) is 23.2 Å². The lowest BCUT2D eigenvalue weighted by atomic mass is 10.1. The van der Waals surface area contributed by atoms with E-state index in [0.29, 0.717) is 33.7 Å². The monoisotopic (exact) mass is 442 g/mol. The van der Waals surface area contributed by atoms with Crippen LogP contribution in [0.25, 0.3) is 22.4 Å². The lowest BCUT2D eigenvalue weighted by molar-refractivity contribution is 0.102. The molecule has 5 aromatic rings. The third kappa shape index (κ3) is 3.85. The number of fused-ring (bicyclic) bond motifs is 1. The van der Waals surface area contributed by atoms with Crippen LogP contribution in [0, 0.1) is 6.92 Å². The van der Waals surface area contributed by atoms with E-state index in [2.05, 4.69) is 25.7 Å². The van der Waals surface area contributed by atoms with Gasteiger partial charge in [0.2, 0.25) is 0 Å². The van der Waals surface area contributed by atoms with Crippen molar-refractivity contribution < 1.29 is 9.32 Å². The highest BCUT2D eigenvalue weighted by Crippen LogP contribution is 2.29. The quantitative estimate of drug-likeness (QED) is 0.420. The zero-order valence-corrected chi connectivity index (χ0v) is 18.1. The summed E-state index contributed by atoms with van der Waals surface area (Å²) in [4.78, 5) is 18.8. The maximum atomic E-state index is 13.2. The lowest BCUT2D eigenvalue weighted by Crippen LogP contribution is -2.13. The molecule has 0 saturated heterocycles. The Morgan fingerprint density at radius 1 is 1.09 bits per heavy atom. The van der Waals surface area contributed by atoms with Crippen LogP contribution in [-0.2, 0) is 7.05 Å². The molecule has 0 aliphatic rings. The van der Waals surface area contributed by atoms with Crippen molar-refractivity contribution in [2.24, 2.45) is 7.05 Å². The van der Waals surface area contributed by atoms with Crippen LogP contribution >= 0.6 is 11.8 Å². The molecule has 32 heavy (non-hydrogen) atoms. The molecule has 1 amide bonds. The summed E-state index contributed by atoms with van der Waals surface area (Å²) in [7, 11) is 1.89. The molecule has 1 N–H and O–H groups in total. The van der Waals surface area contributed by atoms with Crippen molar-refractivity contribution in [3.05, 3.63) is 78.2 Å². The first kappa shape index (κ1) is 20.0. The van der Waals surface area contributed by atoms with Gasteiger partial charge in [-0.2, -0.15) is 0 Å². The summed E-state index contributed by atoms with van der Waals surface area (Å²) in [5.74, 6) is -0.255. The first-order chi connectivity index (χ1) is 15.6. The zero-order chi connectivity index (χ0) is 22.1. The van der Waals surface area contributed by atoms with Crippen molar-refractivity contribution in [3.63, 3.8) is 0 Å².